The predicted octanol–water partition coefficient (Wildman–Crippen LogP) is 5.36. The molecule has 1 rings (SSSR count). The lowest BCUT2D eigenvalue weighted by molar-refractivity contribution is 0.123. The number of rotatable bonds is 7. The number of hydrogen-bond acceptors (Lipinski definition) is 1. The highest BCUT2D eigenvalue weighted by Gasteiger charge is 2.24. The van der Waals surface area contributed by atoms with E-state index in [2.05, 4.69) is 40.3 Å². The molecule has 0 spiro atoms. The standard InChI is InChI=1S/C19H28O/c1-6-19(5,13-7-8-15(2)3)14-18(20)17-11-9-16(4)10-12-17/h6,8-12,18,20H,1,7,13-14H2,2-5H3. The molecule has 0 saturated heterocycles. The van der Waals surface area contributed by atoms with E-state index in [9.17, 15) is 5.11 Å². The Morgan fingerprint density at radius 3 is 2.40 bits per heavy atom. The molecule has 0 fully saturated rings. The zero-order chi connectivity index (χ0) is 15.2. The van der Waals surface area contributed by atoms with Gasteiger partial charge in [0, 0.05) is 0 Å². The summed E-state index contributed by atoms with van der Waals surface area (Å²) < 4.78 is 0. The van der Waals surface area contributed by atoms with Crippen LogP contribution in [0.3, 0.4) is 0 Å². The minimum absolute atomic E-state index is 0.0315. The number of allylic oxidation sites excluding steroid dienone is 3. The lowest BCUT2D eigenvalue weighted by atomic mass is 9.79. The van der Waals surface area contributed by atoms with E-state index >= 15 is 0 Å². The van der Waals surface area contributed by atoms with E-state index in [0.717, 1.165) is 24.8 Å². The van der Waals surface area contributed by atoms with E-state index in [0.29, 0.717) is 0 Å². The first kappa shape index (κ1) is 16.7. The molecular formula is C19H28O. The highest BCUT2D eigenvalue weighted by molar-refractivity contribution is 5.23. The summed E-state index contributed by atoms with van der Waals surface area (Å²) in [6.07, 6.45) is 6.58. The maximum atomic E-state index is 10.4. The van der Waals surface area contributed by atoms with Crippen LogP contribution in [0.1, 0.15) is 57.3 Å². The van der Waals surface area contributed by atoms with Gasteiger partial charge in [-0.1, -0.05) is 54.5 Å². The van der Waals surface area contributed by atoms with Crippen molar-refractivity contribution in [2.75, 3.05) is 0 Å². The van der Waals surface area contributed by atoms with Crippen molar-refractivity contribution in [2.45, 2.75) is 53.1 Å². The van der Waals surface area contributed by atoms with E-state index in [1.165, 1.54) is 11.1 Å². The first-order valence-corrected chi connectivity index (χ1v) is 7.38. The highest BCUT2D eigenvalue weighted by Crippen LogP contribution is 2.35. The zero-order valence-electron chi connectivity index (χ0n) is 13.3. The second-order valence-electron chi connectivity index (χ2n) is 6.31. The number of aliphatic hydroxyl groups is 1. The van der Waals surface area contributed by atoms with Crippen molar-refractivity contribution in [1.82, 2.24) is 0 Å². The van der Waals surface area contributed by atoms with Crippen molar-refractivity contribution >= 4 is 0 Å². The largest absolute Gasteiger partial charge is 0.388 e. The third kappa shape index (κ3) is 5.34. The lowest BCUT2D eigenvalue weighted by Crippen LogP contribution is -2.17. The van der Waals surface area contributed by atoms with Gasteiger partial charge in [0.2, 0.25) is 0 Å². The second-order valence-corrected chi connectivity index (χ2v) is 6.31. The van der Waals surface area contributed by atoms with Crippen LogP contribution in [-0.4, -0.2) is 5.11 Å². The molecule has 0 aromatic heterocycles. The van der Waals surface area contributed by atoms with Crippen LogP contribution in [0.2, 0.25) is 0 Å². The van der Waals surface area contributed by atoms with Crippen LogP contribution in [0.4, 0.5) is 0 Å². The summed E-state index contributed by atoms with van der Waals surface area (Å²) in [4.78, 5) is 0. The van der Waals surface area contributed by atoms with Crippen LogP contribution in [0.15, 0.2) is 48.6 Å². The Morgan fingerprint density at radius 2 is 1.90 bits per heavy atom. The van der Waals surface area contributed by atoms with Gasteiger partial charge in [-0.25, -0.2) is 0 Å². The maximum Gasteiger partial charge on any atom is 0.0798 e. The van der Waals surface area contributed by atoms with Crippen LogP contribution in [0.25, 0.3) is 0 Å². The molecule has 2 unspecified atom stereocenters. The molecular weight excluding hydrogens is 244 g/mol. The number of benzene rings is 1. The van der Waals surface area contributed by atoms with Crippen molar-refractivity contribution in [2.24, 2.45) is 5.41 Å². The molecule has 0 amide bonds. The van der Waals surface area contributed by atoms with Crippen LogP contribution in [0.5, 0.6) is 0 Å². The number of aryl methyl sites for hydroxylation is 1. The van der Waals surface area contributed by atoms with E-state index in [1.54, 1.807) is 0 Å². The fraction of sp³-hybridized carbons (Fsp3) is 0.474. The molecule has 0 saturated carbocycles. The molecule has 1 N–H and O–H groups in total. The smallest absolute Gasteiger partial charge is 0.0798 e. The Labute approximate surface area is 124 Å². The van der Waals surface area contributed by atoms with Gasteiger partial charge in [-0.3, -0.25) is 0 Å². The van der Waals surface area contributed by atoms with Crippen molar-refractivity contribution in [3.8, 4) is 0 Å². The third-order valence-corrected chi connectivity index (χ3v) is 3.88. The normalized spacial score (nSPS) is 15.2. The van der Waals surface area contributed by atoms with Crippen molar-refractivity contribution in [3.05, 3.63) is 59.7 Å². The molecule has 0 aliphatic heterocycles. The molecule has 0 heterocycles. The molecule has 2 atom stereocenters. The Kier molecular flexibility index (Phi) is 6.22. The molecule has 0 aliphatic rings. The Hall–Kier alpha value is -1.34. The summed E-state index contributed by atoms with van der Waals surface area (Å²) in [5.74, 6) is 0. The van der Waals surface area contributed by atoms with Crippen molar-refractivity contribution < 1.29 is 5.11 Å². The molecule has 0 bridgehead atoms. The number of aliphatic hydroxyl groups excluding tert-OH is 1. The molecule has 0 radical (unpaired) electrons. The van der Waals surface area contributed by atoms with Gasteiger partial charge in [0.25, 0.3) is 0 Å². The van der Waals surface area contributed by atoms with E-state index in [1.807, 2.05) is 30.3 Å². The molecule has 1 nitrogen and oxygen atoms in total. The van der Waals surface area contributed by atoms with E-state index in [4.69, 9.17) is 0 Å². The van der Waals surface area contributed by atoms with Gasteiger partial charge in [-0.15, -0.1) is 6.58 Å². The molecule has 0 aliphatic carbocycles. The summed E-state index contributed by atoms with van der Waals surface area (Å²) in [7, 11) is 0. The highest BCUT2D eigenvalue weighted by atomic mass is 16.3. The van der Waals surface area contributed by atoms with Gasteiger partial charge in [0.05, 0.1) is 6.10 Å². The molecule has 1 heteroatoms. The fourth-order valence-corrected chi connectivity index (χ4v) is 2.33. The summed E-state index contributed by atoms with van der Waals surface area (Å²) in [6.45, 7) is 12.4. The molecule has 110 valence electrons. The quantitative estimate of drug-likeness (QED) is 0.663. The van der Waals surface area contributed by atoms with Crippen molar-refractivity contribution in [3.63, 3.8) is 0 Å². The predicted molar refractivity (Wildman–Crippen MR) is 87.7 cm³/mol. The molecule has 1 aromatic carbocycles. The van der Waals surface area contributed by atoms with Gasteiger partial charge in [-0.2, -0.15) is 0 Å². The SMILES string of the molecule is C=CC(C)(CCC=C(C)C)CC(O)c1ccc(C)cc1. The second kappa shape index (κ2) is 7.44. The monoisotopic (exact) mass is 272 g/mol. The first-order valence-electron chi connectivity index (χ1n) is 7.38. The van der Waals surface area contributed by atoms with Gasteiger partial charge in [0.1, 0.15) is 0 Å². The summed E-state index contributed by atoms with van der Waals surface area (Å²) in [6, 6.07) is 8.12. The molecule has 1 aromatic rings. The van der Waals surface area contributed by atoms with Crippen LogP contribution in [-0.2, 0) is 0 Å². The van der Waals surface area contributed by atoms with Crippen LogP contribution >= 0.6 is 0 Å². The maximum absolute atomic E-state index is 10.4. The topological polar surface area (TPSA) is 20.2 Å². The van der Waals surface area contributed by atoms with Gasteiger partial charge < -0.3 is 5.11 Å². The molecule has 20 heavy (non-hydrogen) atoms. The van der Waals surface area contributed by atoms with Gasteiger partial charge >= 0.3 is 0 Å². The van der Waals surface area contributed by atoms with E-state index in [-0.39, 0.29) is 5.41 Å². The van der Waals surface area contributed by atoms with Crippen LogP contribution < -0.4 is 0 Å². The Balaban J connectivity index is 2.68. The average molecular weight is 272 g/mol. The summed E-state index contributed by atoms with van der Waals surface area (Å²) in [5.41, 5.74) is 3.52. The third-order valence-electron chi connectivity index (χ3n) is 3.88. The lowest BCUT2D eigenvalue weighted by Gasteiger charge is -2.28. The average Bonchev–Trinajstić information content (AvgIpc) is 2.39. The van der Waals surface area contributed by atoms with Gasteiger partial charge in [-0.05, 0) is 51.0 Å². The van der Waals surface area contributed by atoms with Crippen molar-refractivity contribution in [1.29, 1.82) is 0 Å². The summed E-state index contributed by atoms with van der Waals surface area (Å²) in [5, 5.41) is 10.4. The first-order chi connectivity index (χ1) is 9.36. The fourth-order valence-electron chi connectivity index (χ4n) is 2.33. The summed E-state index contributed by atoms with van der Waals surface area (Å²) >= 11 is 0. The zero-order valence-corrected chi connectivity index (χ0v) is 13.3. The minimum Gasteiger partial charge on any atom is -0.388 e. The minimum atomic E-state index is -0.426. The Morgan fingerprint density at radius 1 is 1.30 bits per heavy atom. The van der Waals surface area contributed by atoms with Gasteiger partial charge in [0.15, 0.2) is 0 Å². The number of hydrogen-bond donors (Lipinski definition) is 1. The van der Waals surface area contributed by atoms with E-state index < -0.39 is 6.10 Å². The van der Waals surface area contributed by atoms with Crippen LogP contribution in [0, 0.1) is 12.3 Å². The Bertz CT molecular complexity index is 451.